The first kappa shape index (κ1) is 20.0. The van der Waals surface area contributed by atoms with Crippen LogP contribution in [0.25, 0.3) is 10.2 Å². The summed E-state index contributed by atoms with van der Waals surface area (Å²) in [6.45, 7) is 4.52. The zero-order chi connectivity index (χ0) is 21.1. The van der Waals surface area contributed by atoms with Gasteiger partial charge < -0.3 is 4.74 Å². The number of anilines is 1. The average molecular weight is 425 g/mol. The van der Waals surface area contributed by atoms with E-state index in [1.165, 1.54) is 23.5 Å². The van der Waals surface area contributed by atoms with Crippen LogP contribution in [0.4, 0.5) is 9.52 Å². The van der Waals surface area contributed by atoms with Crippen molar-refractivity contribution in [3.8, 4) is 5.75 Å². The zero-order valence-corrected chi connectivity index (χ0v) is 17.5. The fourth-order valence-electron chi connectivity index (χ4n) is 3.18. The second-order valence-corrected chi connectivity index (χ2v) is 7.89. The number of thiazole rings is 1. The van der Waals surface area contributed by atoms with Gasteiger partial charge in [-0.15, -0.1) is 0 Å². The number of benzene rings is 2. The number of hydrogen-bond acceptors (Lipinski definition) is 5. The maximum Gasteiger partial charge on any atom is 0.266 e. The molecule has 154 valence electrons. The summed E-state index contributed by atoms with van der Waals surface area (Å²) in [6, 6.07) is 15.8. The predicted molar refractivity (Wildman–Crippen MR) is 116 cm³/mol. The lowest BCUT2D eigenvalue weighted by atomic mass is 10.3. The van der Waals surface area contributed by atoms with E-state index in [0.717, 1.165) is 21.6 Å². The number of fused-ring (bicyclic) bond motifs is 1. The van der Waals surface area contributed by atoms with Gasteiger partial charge in [0, 0.05) is 12.2 Å². The molecule has 0 saturated carbocycles. The number of hydrogen-bond donors (Lipinski definition) is 0. The molecular formula is C22H21FN4O2S. The molecule has 0 atom stereocenters. The molecule has 0 aliphatic rings. The molecule has 0 saturated heterocycles. The highest BCUT2D eigenvalue weighted by atomic mass is 32.1. The van der Waals surface area contributed by atoms with Crippen LogP contribution in [0.5, 0.6) is 5.75 Å². The van der Waals surface area contributed by atoms with E-state index in [2.05, 4.69) is 10.1 Å². The molecule has 0 aliphatic carbocycles. The van der Waals surface area contributed by atoms with Gasteiger partial charge in [0.15, 0.2) is 23.3 Å². The van der Waals surface area contributed by atoms with Crippen LogP contribution in [0.15, 0.2) is 54.6 Å². The smallest absolute Gasteiger partial charge is 0.266 e. The Kier molecular flexibility index (Phi) is 5.76. The van der Waals surface area contributed by atoms with Crippen LogP contribution in [0.1, 0.15) is 11.4 Å². The lowest BCUT2D eigenvalue weighted by molar-refractivity contribution is -0.120. The fraction of sp³-hybridized carbons (Fsp3) is 0.227. The van der Waals surface area contributed by atoms with Crippen LogP contribution in [0.2, 0.25) is 0 Å². The Morgan fingerprint density at radius 2 is 1.93 bits per heavy atom. The minimum Gasteiger partial charge on any atom is -0.481 e. The Morgan fingerprint density at radius 3 is 2.67 bits per heavy atom. The van der Waals surface area contributed by atoms with Gasteiger partial charge in [-0.3, -0.25) is 14.4 Å². The monoisotopic (exact) mass is 424 g/mol. The van der Waals surface area contributed by atoms with Gasteiger partial charge in [-0.1, -0.05) is 35.6 Å². The molecule has 0 spiro atoms. The van der Waals surface area contributed by atoms with Crippen molar-refractivity contribution < 1.29 is 13.9 Å². The summed E-state index contributed by atoms with van der Waals surface area (Å²) in [7, 11) is 0. The summed E-state index contributed by atoms with van der Waals surface area (Å²) >= 11 is 1.44. The summed E-state index contributed by atoms with van der Waals surface area (Å²) in [5.74, 6) is -0.744. The molecule has 2 aromatic heterocycles. The minimum atomic E-state index is -0.500. The molecule has 4 rings (SSSR count). The number of nitrogens with zero attached hydrogens (tertiary/aromatic N) is 4. The molecule has 4 aromatic rings. The molecule has 30 heavy (non-hydrogen) atoms. The third kappa shape index (κ3) is 4.33. The summed E-state index contributed by atoms with van der Waals surface area (Å²) in [5, 5.41) is 5.05. The molecule has 1 amide bonds. The highest BCUT2D eigenvalue weighted by Crippen LogP contribution is 2.29. The van der Waals surface area contributed by atoms with Gasteiger partial charge in [0.05, 0.1) is 22.5 Å². The predicted octanol–water partition coefficient (Wildman–Crippen LogP) is 4.36. The lowest BCUT2D eigenvalue weighted by Gasteiger charge is -2.20. The Labute approximate surface area is 177 Å². The number of ether oxygens (including phenoxy) is 1. The maximum atomic E-state index is 13.8. The highest BCUT2D eigenvalue weighted by Gasteiger charge is 2.21. The maximum absolute atomic E-state index is 13.8. The number of para-hydroxylation sites is 2. The van der Waals surface area contributed by atoms with E-state index in [0.29, 0.717) is 18.2 Å². The number of carbonyl (C=O) groups is 1. The third-order valence-corrected chi connectivity index (χ3v) is 5.70. The molecule has 0 bridgehead atoms. The summed E-state index contributed by atoms with van der Waals surface area (Å²) in [6.07, 6.45) is 0. The number of aryl methyl sites for hydroxylation is 2. The molecular weight excluding hydrogens is 403 g/mol. The van der Waals surface area contributed by atoms with Crippen LogP contribution >= 0.6 is 11.3 Å². The highest BCUT2D eigenvalue weighted by molar-refractivity contribution is 7.22. The van der Waals surface area contributed by atoms with Crippen molar-refractivity contribution in [3.05, 3.63) is 71.8 Å². The molecule has 6 nitrogen and oxygen atoms in total. The quantitative estimate of drug-likeness (QED) is 0.442. The molecule has 0 N–H and O–H groups in total. The van der Waals surface area contributed by atoms with Gasteiger partial charge in [-0.2, -0.15) is 5.10 Å². The molecule has 0 aliphatic heterocycles. The zero-order valence-electron chi connectivity index (χ0n) is 16.7. The van der Waals surface area contributed by atoms with Crippen molar-refractivity contribution in [1.82, 2.24) is 14.8 Å². The Morgan fingerprint density at radius 1 is 1.17 bits per heavy atom. The first-order valence-corrected chi connectivity index (χ1v) is 10.4. The summed E-state index contributed by atoms with van der Waals surface area (Å²) in [5.41, 5.74) is 2.77. The van der Waals surface area contributed by atoms with Crippen LogP contribution < -0.4 is 9.64 Å². The van der Waals surface area contributed by atoms with Gasteiger partial charge in [-0.05, 0) is 44.2 Å². The first-order chi connectivity index (χ1) is 14.5. The number of halogens is 1. The van der Waals surface area contributed by atoms with Crippen molar-refractivity contribution in [3.63, 3.8) is 0 Å². The van der Waals surface area contributed by atoms with E-state index < -0.39 is 5.82 Å². The summed E-state index contributed by atoms with van der Waals surface area (Å²) in [4.78, 5) is 19.2. The van der Waals surface area contributed by atoms with E-state index in [4.69, 9.17) is 4.74 Å². The van der Waals surface area contributed by atoms with Crippen LogP contribution in [-0.2, 0) is 11.3 Å². The Hall–Kier alpha value is -3.26. The van der Waals surface area contributed by atoms with Gasteiger partial charge in [-0.25, -0.2) is 9.37 Å². The van der Waals surface area contributed by atoms with E-state index >= 15 is 0 Å². The molecule has 0 unspecified atom stereocenters. The molecule has 2 heterocycles. The second-order valence-electron chi connectivity index (χ2n) is 6.88. The number of aromatic nitrogens is 3. The van der Waals surface area contributed by atoms with Gasteiger partial charge >= 0.3 is 0 Å². The normalized spacial score (nSPS) is 11.0. The SMILES string of the molecule is Cc1cc(C)n(CCN(C(=O)COc2ccccc2F)c2nc3ccccc3s2)n1. The standard InChI is InChI=1S/C22H21FN4O2S/c1-15-13-16(2)27(25-15)12-11-26(22-24-18-8-4-6-10-20(18)30-22)21(28)14-29-19-9-5-3-7-17(19)23/h3-10,13H,11-12,14H2,1-2H3. The largest absolute Gasteiger partial charge is 0.481 e. The van der Waals surface area contributed by atoms with E-state index in [1.807, 2.05) is 48.9 Å². The van der Waals surface area contributed by atoms with Crippen molar-refractivity contribution in [1.29, 1.82) is 0 Å². The fourth-order valence-corrected chi connectivity index (χ4v) is 4.19. The number of rotatable bonds is 7. The van der Waals surface area contributed by atoms with Crippen molar-refractivity contribution >= 4 is 32.6 Å². The topological polar surface area (TPSA) is 60.2 Å². The van der Waals surface area contributed by atoms with Gasteiger partial charge in [0.2, 0.25) is 0 Å². The molecule has 8 heteroatoms. The molecule has 0 radical (unpaired) electrons. The Bertz CT molecular complexity index is 1150. The third-order valence-electron chi connectivity index (χ3n) is 4.64. The van der Waals surface area contributed by atoms with Crippen LogP contribution in [0.3, 0.4) is 0 Å². The number of amides is 1. The van der Waals surface area contributed by atoms with E-state index in [9.17, 15) is 9.18 Å². The average Bonchev–Trinajstić information content (AvgIpc) is 3.29. The lowest BCUT2D eigenvalue weighted by Crippen LogP contribution is -2.37. The second kappa shape index (κ2) is 8.62. The van der Waals surface area contributed by atoms with Crippen molar-refractivity contribution in [2.45, 2.75) is 20.4 Å². The van der Waals surface area contributed by atoms with Crippen molar-refractivity contribution in [2.24, 2.45) is 0 Å². The van der Waals surface area contributed by atoms with Gasteiger partial charge in [0.1, 0.15) is 0 Å². The first-order valence-electron chi connectivity index (χ1n) is 9.55. The minimum absolute atomic E-state index is 0.0497. The molecule has 0 fully saturated rings. The van der Waals surface area contributed by atoms with Gasteiger partial charge in [0.25, 0.3) is 5.91 Å². The molecule has 2 aromatic carbocycles. The van der Waals surface area contributed by atoms with E-state index in [1.54, 1.807) is 17.0 Å². The Balaban J connectivity index is 1.56. The van der Waals surface area contributed by atoms with E-state index in [-0.39, 0.29) is 18.3 Å². The van der Waals surface area contributed by atoms with Crippen LogP contribution in [0, 0.1) is 19.7 Å². The van der Waals surface area contributed by atoms with Crippen molar-refractivity contribution in [2.75, 3.05) is 18.1 Å². The number of carbonyl (C=O) groups excluding carboxylic acids is 1. The summed E-state index contributed by atoms with van der Waals surface area (Å²) < 4.78 is 22.1. The van der Waals surface area contributed by atoms with Crippen LogP contribution in [-0.4, -0.2) is 33.8 Å².